The van der Waals surface area contributed by atoms with Crippen molar-refractivity contribution in [2.24, 2.45) is 0 Å². The molecule has 3 N–H and O–H groups in total. The molecule has 0 radical (unpaired) electrons. The molecule has 8 aromatic rings. The first-order chi connectivity index (χ1) is 32.3. The number of anilines is 1. The number of aromatic hydroxyl groups is 2. The number of carbonyl (C=O) groups is 2. The van der Waals surface area contributed by atoms with E-state index in [0.29, 0.717) is 54.8 Å². The number of ketones is 1. The lowest BCUT2D eigenvalue weighted by Gasteiger charge is -2.21. The fraction of sp³-hybridized carbons (Fsp3) is 0.161. The molecule has 0 fully saturated rings. The number of carbonyl (C=O) groups excluding carboxylic acids is 2. The Morgan fingerprint density at radius 3 is 1.61 bits per heavy atom. The molecule has 0 saturated carbocycles. The van der Waals surface area contributed by atoms with Gasteiger partial charge in [0, 0.05) is 54.1 Å². The molecule has 0 spiro atoms. The Morgan fingerprint density at radius 1 is 0.515 bits per heavy atom. The second-order valence-corrected chi connectivity index (χ2v) is 15.8. The van der Waals surface area contributed by atoms with Crippen molar-refractivity contribution >= 4 is 17.4 Å². The van der Waals surface area contributed by atoms with Gasteiger partial charge in [0.05, 0.1) is 23.3 Å². The molecule has 1 amide bonds. The van der Waals surface area contributed by atoms with Crippen LogP contribution in [0.2, 0.25) is 0 Å². The number of benzene rings is 7. The lowest BCUT2D eigenvalue weighted by atomic mass is 9.97. The van der Waals surface area contributed by atoms with Crippen LogP contribution in [0.1, 0.15) is 59.4 Å². The fourth-order valence-electron chi connectivity index (χ4n) is 7.84. The van der Waals surface area contributed by atoms with Gasteiger partial charge < -0.3 is 25.2 Å². The van der Waals surface area contributed by atoms with Crippen LogP contribution in [-0.2, 0) is 0 Å². The number of hydrogen-bond acceptors (Lipinski definition) is 9. The number of nitrogens with one attached hydrogen (secondary N) is 1. The van der Waals surface area contributed by atoms with Crippen LogP contribution >= 0.6 is 0 Å². The molecule has 66 heavy (non-hydrogen) atoms. The smallest absolute Gasteiger partial charge is 0.252 e. The third-order valence-electron chi connectivity index (χ3n) is 11.5. The van der Waals surface area contributed by atoms with Gasteiger partial charge in [0.15, 0.2) is 23.3 Å². The summed E-state index contributed by atoms with van der Waals surface area (Å²) in [5, 5.41) is 25.0. The van der Waals surface area contributed by atoms with Gasteiger partial charge in [0.1, 0.15) is 17.2 Å². The van der Waals surface area contributed by atoms with Crippen LogP contribution in [0.15, 0.2) is 170 Å². The van der Waals surface area contributed by atoms with Crippen molar-refractivity contribution in [3.8, 4) is 73.7 Å². The molecule has 0 aliphatic rings. The maximum atomic E-state index is 13.5. The third kappa shape index (κ3) is 10.5. The van der Waals surface area contributed by atoms with Crippen molar-refractivity contribution in [2.45, 2.75) is 33.1 Å². The van der Waals surface area contributed by atoms with Gasteiger partial charge in [0.25, 0.3) is 5.91 Å². The Balaban J connectivity index is 0.894. The summed E-state index contributed by atoms with van der Waals surface area (Å²) in [6.45, 7) is 6.40. The Bertz CT molecular complexity index is 2820. The molecule has 0 unspecified atom stereocenters. The van der Waals surface area contributed by atoms with Gasteiger partial charge in [-0.15, -0.1) is 0 Å². The molecule has 1 aromatic heterocycles. The molecule has 0 saturated heterocycles. The molecular weight excluding hydrogens is 823 g/mol. The summed E-state index contributed by atoms with van der Waals surface area (Å²) in [5.74, 6) is 0.865. The number of aromatic nitrogens is 3. The van der Waals surface area contributed by atoms with Gasteiger partial charge >= 0.3 is 0 Å². The van der Waals surface area contributed by atoms with Crippen molar-refractivity contribution in [3.05, 3.63) is 187 Å². The van der Waals surface area contributed by atoms with E-state index in [1.54, 1.807) is 54.6 Å². The molecule has 0 aliphatic heterocycles. The molecule has 330 valence electrons. The minimum Gasteiger partial charge on any atom is -0.507 e. The summed E-state index contributed by atoms with van der Waals surface area (Å²) in [6.07, 6.45) is 2.17. The van der Waals surface area contributed by atoms with Gasteiger partial charge in [-0.1, -0.05) is 127 Å². The first kappa shape index (κ1) is 44.5. The highest BCUT2D eigenvalue weighted by atomic mass is 16.5. The van der Waals surface area contributed by atoms with E-state index < -0.39 is 5.78 Å². The van der Waals surface area contributed by atoms with E-state index in [9.17, 15) is 19.8 Å². The zero-order valence-electron chi connectivity index (χ0n) is 37.0. The average Bonchev–Trinajstić information content (AvgIpc) is 3.36. The maximum absolute atomic E-state index is 13.5. The fourth-order valence-corrected chi connectivity index (χ4v) is 7.84. The molecule has 8 rings (SSSR count). The highest BCUT2D eigenvalue weighted by Crippen LogP contribution is 2.34. The minimum atomic E-state index is -0.418. The molecule has 0 atom stereocenters. The monoisotopic (exact) mass is 873 g/mol. The average molecular weight is 874 g/mol. The topological polar surface area (TPSA) is 138 Å². The largest absolute Gasteiger partial charge is 0.507 e. The summed E-state index contributed by atoms with van der Waals surface area (Å²) >= 11 is 0. The van der Waals surface area contributed by atoms with Gasteiger partial charge in [-0.25, -0.2) is 15.0 Å². The summed E-state index contributed by atoms with van der Waals surface area (Å²) in [5.41, 5.74) is 7.89. The lowest BCUT2D eigenvalue weighted by molar-refractivity contribution is 0.0941. The number of rotatable bonds is 18. The van der Waals surface area contributed by atoms with E-state index in [0.717, 1.165) is 58.6 Å². The molecular formula is C56H51N5O5. The molecule has 7 aromatic carbocycles. The lowest BCUT2D eigenvalue weighted by Crippen LogP contribution is -2.26. The molecule has 0 bridgehead atoms. The van der Waals surface area contributed by atoms with Crippen LogP contribution in [0.5, 0.6) is 17.2 Å². The molecule has 0 aliphatic carbocycles. The summed E-state index contributed by atoms with van der Waals surface area (Å²) in [6, 6.07) is 53.3. The molecule has 1 heterocycles. The first-order valence-corrected chi connectivity index (χ1v) is 22.3. The van der Waals surface area contributed by atoms with Crippen LogP contribution in [0.25, 0.3) is 56.4 Å². The quantitative estimate of drug-likeness (QED) is 0.0568. The van der Waals surface area contributed by atoms with Crippen LogP contribution < -0.4 is 15.0 Å². The van der Waals surface area contributed by atoms with E-state index in [2.05, 4.69) is 34.5 Å². The number of ether oxygens (including phenoxy) is 1. The van der Waals surface area contributed by atoms with Crippen molar-refractivity contribution in [1.82, 2.24) is 20.3 Å². The number of unbranched alkanes of at least 4 members (excludes halogenated alkanes) is 2. The van der Waals surface area contributed by atoms with E-state index in [-0.39, 0.29) is 34.1 Å². The molecule has 10 heteroatoms. The highest BCUT2D eigenvalue weighted by Gasteiger charge is 2.21. The van der Waals surface area contributed by atoms with Crippen molar-refractivity contribution in [1.29, 1.82) is 0 Å². The van der Waals surface area contributed by atoms with Crippen LogP contribution in [-0.4, -0.2) is 63.1 Å². The Labute approximate surface area is 385 Å². The number of hydrogen-bond donors (Lipinski definition) is 3. The van der Waals surface area contributed by atoms with Crippen molar-refractivity contribution in [2.75, 3.05) is 31.1 Å². The van der Waals surface area contributed by atoms with Gasteiger partial charge in [-0.2, -0.15) is 0 Å². The Morgan fingerprint density at radius 2 is 1.05 bits per heavy atom. The number of phenols is 2. The predicted octanol–water partition coefficient (Wildman–Crippen LogP) is 11.7. The highest BCUT2D eigenvalue weighted by molar-refractivity contribution is 6.16. The normalized spacial score (nSPS) is 10.9. The maximum Gasteiger partial charge on any atom is 0.252 e. The third-order valence-corrected chi connectivity index (χ3v) is 11.5. The van der Waals surface area contributed by atoms with E-state index in [4.69, 9.17) is 19.7 Å². The predicted molar refractivity (Wildman–Crippen MR) is 262 cm³/mol. The second kappa shape index (κ2) is 21.0. The first-order valence-electron chi connectivity index (χ1n) is 22.3. The Hall–Kier alpha value is -8.11. The van der Waals surface area contributed by atoms with Crippen molar-refractivity contribution in [3.63, 3.8) is 0 Å². The van der Waals surface area contributed by atoms with Gasteiger partial charge in [-0.3, -0.25) is 9.59 Å². The van der Waals surface area contributed by atoms with Gasteiger partial charge in [0.2, 0.25) is 0 Å². The molecule has 10 nitrogen and oxygen atoms in total. The summed E-state index contributed by atoms with van der Waals surface area (Å²) in [7, 11) is 0. The van der Waals surface area contributed by atoms with E-state index in [1.807, 2.05) is 105 Å². The number of amides is 1. The zero-order chi connectivity index (χ0) is 45.8. The van der Waals surface area contributed by atoms with E-state index >= 15 is 0 Å². The number of phenolic OH excluding ortho intramolecular Hbond substituents is 2. The van der Waals surface area contributed by atoms with Crippen LogP contribution in [0.3, 0.4) is 0 Å². The van der Waals surface area contributed by atoms with Crippen LogP contribution in [0.4, 0.5) is 5.69 Å². The minimum absolute atomic E-state index is 0.0252. The second-order valence-electron chi connectivity index (χ2n) is 15.8. The zero-order valence-corrected chi connectivity index (χ0v) is 37.0. The number of nitrogens with zero attached hydrogens (tertiary/aromatic N) is 4. The Kier molecular flexibility index (Phi) is 14.2. The SMILES string of the molecule is CCN(CC)c1ccc(C(=O)c2ccccc2C(=O)NCCCCCOc2ccc(-c3nc(-c4ccc(-c5ccccc5)cc4)nc(-c4ccc(-c5ccccc5)cc4)n3)c(O)c2)c(O)c1. The summed E-state index contributed by atoms with van der Waals surface area (Å²) < 4.78 is 6.02. The van der Waals surface area contributed by atoms with Crippen molar-refractivity contribution < 1.29 is 24.5 Å². The standard InChI is InChI=1S/C56H51N5O5/c1-3-61(4-2)44-30-32-48(50(62)36-44)52(64)46-20-12-13-21-47(46)56(65)57-34-14-7-15-35-66-45-31-33-49(51(63)37-45)55-59-53(42-26-22-40(23-27-42)38-16-8-5-9-17-38)58-54(60-55)43-28-24-41(25-29-43)39-18-10-6-11-19-39/h5-6,8-13,16-33,36-37,62-63H,3-4,7,14-15,34-35H2,1-2H3,(H,57,65). The van der Waals surface area contributed by atoms with Crippen LogP contribution in [0, 0.1) is 0 Å². The van der Waals surface area contributed by atoms with Gasteiger partial charge in [-0.05, 0) is 85.7 Å². The van der Waals surface area contributed by atoms with E-state index in [1.165, 1.54) is 0 Å². The summed E-state index contributed by atoms with van der Waals surface area (Å²) in [4.78, 5) is 43.5.